The first-order chi connectivity index (χ1) is 15.2. The average molecular weight is 456 g/mol. The molecule has 4 N–H and O–H groups in total. The fourth-order valence-electron chi connectivity index (χ4n) is 4.23. The van der Waals surface area contributed by atoms with Gasteiger partial charge in [0.1, 0.15) is 0 Å². The van der Waals surface area contributed by atoms with Gasteiger partial charge in [0.2, 0.25) is 0 Å². The third-order valence-corrected chi connectivity index (χ3v) is 6.42. The number of benzene rings is 2. The number of fused-ring (bicyclic) bond motifs is 1. The number of ketones is 1. The van der Waals surface area contributed by atoms with Gasteiger partial charge in [0, 0.05) is 29.6 Å². The summed E-state index contributed by atoms with van der Waals surface area (Å²) in [6, 6.07) is 8.75. The number of halogens is 2. The maximum absolute atomic E-state index is 14.1. The summed E-state index contributed by atoms with van der Waals surface area (Å²) in [5, 5.41) is 14.0. The highest BCUT2D eigenvalue weighted by atomic mass is 35.5. The molecule has 1 fully saturated rings. The molecule has 168 valence electrons. The number of nitrogens with one attached hydrogen (secondary N) is 1. The van der Waals surface area contributed by atoms with Crippen LogP contribution in [0.25, 0.3) is 22.0 Å². The minimum atomic E-state index is -0.786. The number of aromatic hydroxyl groups is 1. The van der Waals surface area contributed by atoms with Gasteiger partial charge in [0.25, 0.3) is 0 Å². The second-order valence-electron chi connectivity index (χ2n) is 8.84. The first-order valence-electron chi connectivity index (χ1n) is 10.9. The molecule has 0 radical (unpaired) electrons. The van der Waals surface area contributed by atoms with E-state index >= 15 is 0 Å². The fourth-order valence-corrected chi connectivity index (χ4v) is 4.43. The summed E-state index contributed by atoms with van der Waals surface area (Å²) >= 11 is 5.99. The van der Waals surface area contributed by atoms with E-state index in [0.29, 0.717) is 16.7 Å². The summed E-state index contributed by atoms with van der Waals surface area (Å²) in [7, 11) is 0. The van der Waals surface area contributed by atoms with E-state index < -0.39 is 11.6 Å². The maximum Gasteiger partial charge on any atom is 0.170 e. The first kappa shape index (κ1) is 22.5. The van der Waals surface area contributed by atoms with Crippen molar-refractivity contribution in [2.45, 2.75) is 51.6 Å². The van der Waals surface area contributed by atoms with Gasteiger partial charge in [-0.05, 0) is 61.1 Å². The lowest BCUT2D eigenvalue weighted by Gasteiger charge is -2.29. The van der Waals surface area contributed by atoms with Crippen LogP contribution in [-0.4, -0.2) is 28.0 Å². The number of Topliss-reactive ketones (excluding diaryl/α,β-unsaturated/α-hetero) is 1. The van der Waals surface area contributed by atoms with E-state index in [1.54, 1.807) is 6.20 Å². The normalized spacial score (nSPS) is 18.8. The van der Waals surface area contributed by atoms with Crippen molar-refractivity contribution in [1.29, 1.82) is 0 Å². The summed E-state index contributed by atoms with van der Waals surface area (Å²) in [5.41, 5.74) is 9.34. The molecule has 0 saturated heterocycles. The first-order valence-corrected chi connectivity index (χ1v) is 11.3. The number of hydrogen-bond donors (Lipinski definition) is 3. The Hall–Kier alpha value is -2.70. The number of nitrogens with two attached hydrogens (primary N) is 1. The smallest absolute Gasteiger partial charge is 0.170 e. The zero-order valence-corrected chi connectivity index (χ0v) is 18.9. The molecule has 0 bridgehead atoms. The molecule has 5 nitrogen and oxygen atoms in total. The van der Waals surface area contributed by atoms with E-state index in [2.05, 4.69) is 10.3 Å². The van der Waals surface area contributed by atoms with Crippen LogP contribution in [-0.2, 0) is 0 Å². The van der Waals surface area contributed by atoms with Crippen LogP contribution in [0.4, 0.5) is 10.1 Å². The van der Waals surface area contributed by atoms with Gasteiger partial charge in [-0.2, -0.15) is 0 Å². The summed E-state index contributed by atoms with van der Waals surface area (Å²) in [6.07, 6.45) is 5.37. The van der Waals surface area contributed by atoms with Gasteiger partial charge in [0.15, 0.2) is 17.3 Å². The highest BCUT2D eigenvalue weighted by Crippen LogP contribution is 2.36. The molecule has 1 aliphatic carbocycles. The number of hydrogen-bond acceptors (Lipinski definition) is 5. The van der Waals surface area contributed by atoms with E-state index in [1.165, 1.54) is 12.1 Å². The molecule has 32 heavy (non-hydrogen) atoms. The Balaban J connectivity index is 1.85. The van der Waals surface area contributed by atoms with Crippen molar-refractivity contribution >= 4 is 34.0 Å². The minimum Gasteiger partial charge on any atom is -0.504 e. The minimum absolute atomic E-state index is 0.0125. The number of phenolic OH excluding ortho intramolecular Hbond substituents is 1. The van der Waals surface area contributed by atoms with Crippen molar-refractivity contribution in [3.63, 3.8) is 0 Å². The predicted octanol–water partition coefficient (Wildman–Crippen LogP) is 5.92. The Morgan fingerprint density at radius 2 is 1.91 bits per heavy atom. The van der Waals surface area contributed by atoms with Crippen LogP contribution < -0.4 is 11.1 Å². The van der Waals surface area contributed by atoms with E-state index in [-0.39, 0.29) is 28.8 Å². The van der Waals surface area contributed by atoms with Crippen molar-refractivity contribution in [1.82, 2.24) is 4.98 Å². The number of phenols is 1. The monoisotopic (exact) mass is 455 g/mol. The Morgan fingerprint density at radius 3 is 2.56 bits per heavy atom. The number of carbonyl (C=O) groups is 1. The van der Waals surface area contributed by atoms with Crippen molar-refractivity contribution in [3.8, 4) is 16.9 Å². The highest BCUT2D eigenvalue weighted by Gasteiger charge is 2.24. The lowest BCUT2D eigenvalue weighted by atomic mass is 9.90. The molecule has 0 unspecified atom stereocenters. The van der Waals surface area contributed by atoms with E-state index in [4.69, 9.17) is 17.3 Å². The van der Waals surface area contributed by atoms with Gasteiger partial charge in [0.05, 0.1) is 21.8 Å². The van der Waals surface area contributed by atoms with Crippen LogP contribution in [0.5, 0.6) is 5.75 Å². The van der Waals surface area contributed by atoms with Crippen molar-refractivity contribution in [2.24, 2.45) is 11.7 Å². The second-order valence-corrected chi connectivity index (χ2v) is 9.25. The Morgan fingerprint density at radius 1 is 1.19 bits per heavy atom. The summed E-state index contributed by atoms with van der Waals surface area (Å²) in [4.78, 5) is 17.5. The zero-order valence-electron chi connectivity index (χ0n) is 18.2. The van der Waals surface area contributed by atoms with Crippen LogP contribution in [0.15, 0.2) is 36.5 Å². The summed E-state index contributed by atoms with van der Waals surface area (Å²) in [5.74, 6) is -1.52. The Bertz CT molecular complexity index is 1150. The molecule has 1 aromatic heterocycles. The van der Waals surface area contributed by atoms with Crippen LogP contribution in [0.2, 0.25) is 5.02 Å². The molecule has 7 heteroatoms. The third kappa shape index (κ3) is 4.43. The average Bonchev–Trinajstić information content (AvgIpc) is 2.78. The lowest BCUT2D eigenvalue weighted by molar-refractivity contribution is 0.0940. The quantitative estimate of drug-likeness (QED) is 0.415. The van der Waals surface area contributed by atoms with Gasteiger partial charge in [-0.3, -0.25) is 9.78 Å². The molecule has 0 atom stereocenters. The van der Waals surface area contributed by atoms with Crippen LogP contribution in [0.3, 0.4) is 0 Å². The van der Waals surface area contributed by atoms with Crippen molar-refractivity contribution in [3.05, 3.63) is 52.9 Å². The molecule has 2 aromatic carbocycles. The van der Waals surface area contributed by atoms with Crippen LogP contribution in [0, 0.1) is 11.7 Å². The maximum atomic E-state index is 14.1. The number of anilines is 1. The predicted molar refractivity (Wildman–Crippen MR) is 127 cm³/mol. The van der Waals surface area contributed by atoms with E-state index in [9.17, 15) is 14.3 Å². The molecular formula is C25H27ClFN3O2. The fraction of sp³-hybridized carbons (Fsp3) is 0.360. The van der Waals surface area contributed by atoms with Crippen molar-refractivity contribution < 1.29 is 14.3 Å². The number of aromatic nitrogens is 1. The van der Waals surface area contributed by atoms with E-state index in [0.717, 1.165) is 42.3 Å². The van der Waals surface area contributed by atoms with Crippen LogP contribution in [0.1, 0.15) is 49.9 Å². The van der Waals surface area contributed by atoms with E-state index in [1.807, 2.05) is 32.0 Å². The zero-order chi connectivity index (χ0) is 23.0. The topological polar surface area (TPSA) is 88.2 Å². The Labute approximate surface area is 191 Å². The lowest BCUT2D eigenvalue weighted by Crippen LogP contribution is -2.33. The molecule has 1 heterocycles. The van der Waals surface area contributed by atoms with Gasteiger partial charge in [-0.25, -0.2) is 4.39 Å². The summed E-state index contributed by atoms with van der Waals surface area (Å²) in [6.45, 7) is 3.74. The molecule has 4 rings (SSSR count). The number of nitrogens with zero attached hydrogens (tertiary/aromatic N) is 1. The molecular weight excluding hydrogens is 429 g/mol. The van der Waals surface area contributed by atoms with Gasteiger partial charge in [-0.15, -0.1) is 0 Å². The molecule has 0 aliphatic heterocycles. The standard InChI is InChI=1S/C25H27ClFN3O2/c1-13(2)24(31)19-12-29-22-8-3-14(15-10-20(26)25(32)21(27)11-15)9-18(22)23(19)30-17-6-4-16(28)5-7-17/h3,8-13,16-17,32H,4-7,28H2,1-2H3,(H,29,30)/t16-,17-. The molecule has 1 aliphatic rings. The number of pyridine rings is 1. The molecule has 0 spiro atoms. The second kappa shape index (κ2) is 9.04. The van der Waals surface area contributed by atoms with Crippen molar-refractivity contribution in [2.75, 3.05) is 5.32 Å². The Kier molecular flexibility index (Phi) is 6.35. The number of rotatable bonds is 5. The number of carbonyl (C=O) groups excluding carboxylic acids is 1. The highest BCUT2D eigenvalue weighted by molar-refractivity contribution is 6.32. The molecule has 0 amide bonds. The van der Waals surface area contributed by atoms with Gasteiger partial charge < -0.3 is 16.2 Å². The summed E-state index contributed by atoms with van der Waals surface area (Å²) < 4.78 is 14.1. The van der Waals surface area contributed by atoms with Gasteiger partial charge in [-0.1, -0.05) is 31.5 Å². The SMILES string of the molecule is CC(C)C(=O)c1cnc2ccc(-c3cc(F)c(O)c(Cl)c3)cc2c1N[C@H]1CC[C@H](N)CC1. The van der Waals surface area contributed by atoms with Crippen LogP contribution >= 0.6 is 11.6 Å². The molecule has 3 aromatic rings. The largest absolute Gasteiger partial charge is 0.504 e. The van der Waals surface area contributed by atoms with Gasteiger partial charge >= 0.3 is 0 Å². The third-order valence-electron chi connectivity index (χ3n) is 6.13. The molecule has 1 saturated carbocycles.